The molecule has 0 heterocycles. The summed E-state index contributed by atoms with van der Waals surface area (Å²) in [6.07, 6.45) is 0.662. The average molecular weight is 274 g/mol. The van der Waals surface area contributed by atoms with Crippen LogP contribution in [0.25, 0.3) is 0 Å². The van der Waals surface area contributed by atoms with Crippen LogP contribution in [-0.4, -0.2) is 30.7 Å². The van der Waals surface area contributed by atoms with Gasteiger partial charge < -0.3 is 15.2 Å². The molecule has 0 aromatic rings. The molecule has 116 valence electrons. The van der Waals surface area contributed by atoms with Crippen LogP contribution in [0.1, 0.15) is 61.8 Å². The molecular weight excluding hydrogens is 240 g/mol. The second kappa shape index (κ2) is 7.02. The number of nitrogens with one attached hydrogen (secondary N) is 1. The summed E-state index contributed by atoms with van der Waals surface area (Å²) in [5.74, 6) is 0. The highest BCUT2D eigenvalue weighted by Gasteiger charge is 2.38. The lowest BCUT2D eigenvalue weighted by molar-refractivity contribution is -0.143. The Bertz CT molecular complexity index is 261. The standard InChI is InChI=1S/C15H34N2O2/c1-9-17-15(7,8)18-11-10-13(3,4)14(5,6)19-12(2)16/h12,17H,9-11,16H2,1-8H3. The van der Waals surface area contributed by atoms with Crippen LogP contribution in [-0.2, 0) is 9.47 Å². The molecule has 0 spiro atoms. The Morgan fingerprint density at radius 2 is 1.63 bits per heavy atom. The Hall–Kier alpha value is -0.160. The van der Waals surface area contributed by atoms with Gasteiger partial charge in [-0.15, -0.1) is 0 Å². The van der Waals surface area contributed by atoms with Gasteiger partial charge in [0.2, 0.25) is 0 Å². The van der Waals surface area contributed by atoms with Crippen molar-refractivity contribution < 1.29 is 9.47 Å². The molecule has 4 heteroatoms. The first-order valence-corrected chi connectivity index (χ1v) is 7.26. The van der Waals surface area contributed by atoms with Gasteiger partial charge in [0, 0.05) is 6.61 Å². The summed E-state index contributed by atoms with van der Waals surface area (Å²) in [5.41, 5.74) is 5.17. The molecule has 0 amide bonds. The molecule has 3 N–H and O–H groups in total. The van der Waals surface area contributed by atoms with E-state index in [0.29, 0.717) is 6.61 Å². The Balaban J connectivity index is 4.37. The van der Waals surface area contributed by atoms with Gasteiger partial charge in [0.15, 0.2) is 0 Å². The smallest absolute Gasteiger partial charge is 0.113 e. The molecule has 19 heavy (non-hydrogen) atoms. The minimum Gasteiger partial charge on any atom is -0.361 e. The Labute approximate surface area is 119 Å². The van der Waals surface area contributed by atoms with Gasteiger partial charge in [0.1, 0.15) is 12.0 Å². The van der Waals surface area contributed by atoms with Crippen molar-refractivity contribution in [3.63, 3.8) is 0 Å². The van der Waals surface area contributed by atoms with Gasteiger partial charge >= 0.3 is 0 Å². The van der Waals surface area contributed by atoms with Crippen molar-refractivity contribution >= 4 is 0 Å². The predicted octanol–water partition coefficient (Wildman–Crippen LogP) is 2.86. The molecule has 0 aliphatic heterocycles. The Kier molecular flexibility index (Phi) is 6.96. The third kappa shape index (κ3) is 6.70. The molecule has 0 rings (SSSR count). The maximum Gasteiger partial charge on any atom is 0.113 e. The van der Waals surface area contributed by atoms with E-state index in [9.17, 15) is 0 Å². The van der Waals surface area contributed by atoms with E-state index in [1.54, 1.807) is 0 Å². The summed E-state index contributed by atoms with van der Waals surface area (Å²) >= 11 is 0. The Morgan fingerprint density at radius 3 is 2.05 bits per heavy atom. The highest BCUT2D eigenvalue weighted by atomic mass is 16.5. The van der Waals surface area contributed by atoms with Gasteiger partial charge in [-0.25, -0.2) is 0 Å². The average Bonchev–Trinajstić information content (AvgIpc) is 2.13. The topological polar surface area (TPSA) is 56.5 Å². The second-order valence-corrected chi connectivity index (χ2v) is 6.86. The van der Waals surface area contributed by atoms with E-state index < -0.39 is 0 Å². The first-order chi connectivity index (χ1) is 8.43. The molecule has 0 fully saturated rings. The number of nitrogens with two attached hydrogens (primary N) is 1. The largest absolute Gasteiger partial charge is 0.361 e. The summed E-state index contributed by atoms with van der Waals surface area (Å²) in [6.45, 7) is 18.2. The molecule has 1 atom stereocenters. The van der Waals surface area contributed by atoms with Crippen LogP contribution in [0.15, 0.2) is 0 Å². The second-order valence-electron chi connectivity index (χ2n) is 6.86. The van der Waals surface area contributed by atoms with Gasteiger partial charge in [0.25, 0.3) is 0 Å². The molecule has 0 saturated carbocycles. The maximum absolute atomic E-state index is 5.91. The number of rotatable bonds is 9. The first-order valence-electron chi connectivity index (χ1n) is 7.26. The van der Waals surface area contributed by atoms with E-state index in [0.717, 1.165) is 13.0 Å². The van der Waals surface area contributed by atoms with Crippen molar-refractivity contribution in [1.29, 1.82) is 0 Å². The summed E-state index contributed by atoms with van der Waals surface area (Å²) in [4.78, 5) is 0. The van der Waals surface area contributed by atoms with Crippen LogP contribution >= 0.6 is 0 Å². The van der Waals surface area contributed by atoms with Crippen molar-refractivity contribution in [1.82, 2.24) is 5.32 Å². The molecule has 0 saturated heterocycles. The normalized spacial score (nSPS) is 15.6. The fraction of sp³-hybridized carbons (Fsp3) is 1.00. The monoisotopic (exact) mass is 274 g/mol. The SMILES string of the molecule is CCNC(C)(C)OCCC(C)(C)C(C)(C)OC(C)N. The van der Waals surface area contributed by atoms with Gasteiger partial charge in [0.05, 0.1) is 5.60 Å². The predicted molar refractivity (Wildman–Crippen MR) is 80.9 cm³/mol. The zero-order valence-corrected chi connectivity index (χ0v) is 14.1. The minimum absolute atomic E-state index is 0.0110. The van der Waals surface area contributed by atoms with Crippen LogP contribution in [0, 0.1) is 5.41 Å². The molecule has 0 bridgehead atoms. The van der Waals surface area contributed by atoms with Crippen molar-refractivity contribution in [2.24, 2.45) is 11.1 Å². The molecule has 0 aliphatic carbocycles. The Morgan fingerprint density at radius 1 is 1.11 bits per heavy atom. The van der Waals surface area contributed by atoms with Gasteiger partial charge in [-0.1, -0.05) is 20.8 Å². The minimum atomic E-state index is -0.285. The number of hydrogen-bond donors (Lipinski definition) is 2. The van der Waals surface area contributed by atoms with E-state index in [2.05, 4.69) is 39.9 Å². The third-order valence-corrected chi connectivity index (χ3v) is 3.90. The number of ether oxygens (including phenoxy) is 2. The van der Waals surface area contributed by atoms with E-state index in [1.807, 2.05) is 20.8 Å². The lowest BCUT2D eigenvalue weighted by atomic mass is 9.74. The molecule has 0 aromatic carbocycles. The lowest BCUT2D eigenvalue weighted by Crippen LogP contribution is -2.47. The van der Waals surface area contributed by atoms with Crippen LogP contribution in [0.5, 0.6) is 0 Å². The molecule has 1 unspecified atom stereocenters. The van der Waals surface area contributed by atoms with E-state index in [-0.39, 0.29) is 23.0 Å². The molecule has 4 nitrogen and oxygen atoms in total. The molecule has 0 aliphatic rings. The summed E-state index contributed by atoms with van der Waals surface area (Å²) in [5, 5.41) is 3.31. The van der Waals surface area contributed by atoms with Crippen LogP contribution in [0.3, 0.4) is 0 Å². The fourth-order valence-corrected chi connectivity index (χ4v) is 1.96. The van der Waals surface area contributed by atoms with E-state index >= 15 is 0 Å². The highest BCUT2D eigenvalue weighted by Crippen LogP contribution is 2.37. The lowest BCUT2D eigenvalue weighted by Gasteiger charge is -2.43. The zero-order valence-electron chi connectivity index (χ0n) is 14.1. The van der Waals surface area contributed by atoms with Gasteiger partial charge in [-0.05, 0) is 53.0 Å². The summed E-state index contributed by atoms with van der Waals surface area (Å²) in [7, 11) is 0. The van der Waals surface area contributed by atoms with Gasteiger partial charge in [-0.2, -0.15) is 0 Å². The van der Waals surface area contributed by atoms with Crippen LogP contribution < -0.4 is 11.1 Å². The van der Waals surface area contributed by atoms with Gasteiger partial charge in [-0.3, -0.25) is 5.32 Å². The van der Waals surface area contributed by atoms with Crippen molar-refractivity contribution in [2.75, 3.05) is 13.2 Å². The van der Waals surface area contributed by atoms with Crippen molar-refractivity contribution in [3.8, 4) is 0 Å². The van der Waals surface area contributed by atoms with Crippen molar-refractivity contribution in [2.45, 2.75) is 79.4 Å². The van der Waals surface area contributed by atoms with Crippen molar-refractivity contribution in [3.05, 3.63) is 0 Å². The fourth-order valence-electron chi connectivity index (χ4n) is 1.96. The molecule has 0 aromatic heterocycles. The number of hydrogen-bond acceptors (Lipinski definition) is 4. The summed E-state index contributed by atoms with van der Waals surface area (Å²) in [6, 6.07) is 0. The van der Waals surface area contributed by atoms with E-state index in [1.165, 1.54) is 0 Å². The maximum atomic E-state index is 5.91. The van der Waals surface area contributed by atoms with E-state index in [4.69, 9.17) is 15.2 Å². The van der Waals surface area contributed by atoms with Crippen LogP contribution in [0.4, 0.5) is 0 Å². The quantitative estimate of drug-likeness (QED) is 0.635. The molecule has 0 radical (unpaired) electrons. The zero-order chi connectivity index (χ0) is 15.3. The van der Waals surface area contributed by atoms with Crippen LogP contribution in [0.2, 0.25) is 0 Å². The third-order valence-electron chi connectivity index (χ3n) is 3.90. The highest BCUT2D eigenvalue weighted by molar-refractivity contribution is 4.88. The first kappa shape index (κ1) is 18.8. The summed E-state index contributed by atoms with van der Waals surface area (Å²) < 4.78 is 11.7. The molecular formula is C15H34N2O2.